The molecular weight excluding hydrogens is 458 g/mol. The lowest BCUT2D eigenvalue weighted by Gasteiger charge is -2.23. The fraction of sp³-hybridized carbons (Fsp3) is 0.700. The van der Waals surface area contributed by atoms with Crippen LogP contribution in [0.2, 0.25) is 0 Å². The maximum Gasteiger partial charge on any atom is 0.351 e. The number of hydrogen-bond acceptors (Lipinski definition) is 9. The van der Waals surface area contributed by atoms with Crippen molar-refractivity contribution in [3.8, 4) is 0 Å². The highest BCUT2D eigenvalue weighted by atomic mass is 33.1. The second-order valence-corrected chi connectivity index (χ2v) is 9.69. The Balaban J connectivity index is 2.31. The van der Waals surface area contributed by atoms with Crippen LogP contribution < -0.4 is 11.0 Å². The molecule has 0 radical (unpaired) electrons. The number of carboxylic acids is 1. The van der Waals surface area contributed by atoms with E-state index in [0.717, 1.165) is 24.3 Å². The summed E-state index contributed by atoms with van der Waals surface area (Å²) in [5.41, 5.74) is -0.598. The third kappa shape index (κ3) is 11.9. The molecule has 1 aromatic heterocycles. The number of aliphatic carboxylic acids is 1. The van der Waals surface area contributed by atoms with E-state index in [2.05, 4.69) is 10.3 Å². The normalized spacial score (nSPS) is 12.1. The van der Waals surface area contributed by atoms with Crippen LogP contribution in [0.15, 0.2) is 17.1 Å². The van der Waals surface area contributed by atoms with E-state index in [1.165, 1.54) is 16.8 Å². The molecule has 0 saturated heterocycles. The van der Waals surface area contributed by atoms with Gasteiger partial charge in [0.2, 0.25) is 5.91 Å². The number of carboxylic acid groups (broad SMARTS) is 1. The van der Waals surface area contributed by atoms with Gasteiger partial charge >= 0.3 is 11.7 Å². The molecule has 0 aliphatic rings. The van der Waals surface area contributed by atoms with Gasteiger partial charge in [0.15, 0.2) is 0 Å². The Morgan fingerprint density at radius 1 is 1.12 bits per heavy atom. The third-order valence-electron chi connectivity index (χ3n) is 4.35. The SMILES string of the molecule is CC[C@@H](OC(CO)CO)n1ccc(NC(=O)CCCSSCCCCCC(=O)O)nc1=O. The van der Waals surface area contributed by atoms with Crippen molar-refractivity contribution >= 4 is 39.3 Å². The fourth-order valence-electron chi connectivity index (χ4n) is 2.65. The van der Waals surface area contributed by atoms with Crippen molar-refractivity contribution in [1.29, 1.82) is 0 Å². The lowest BCUT2D eigenvalue weighted by atomic mass is 10.2. The van der Waals surface area contributed by atoms with E-state index in [0.29, 0.717) is 25.7 Å². The van der Waals surface area contributed by atoms with Gasteiger partial charge in [-0.1, -0.05) is 34.9 Å². The number of ether oxygens (including phenoxy) is 1. The first-order valence-corrected chi connectivity index (χ1v) is 13.1. The summed E-state index contributed by atoms with van der Waals surface area (Å²) in [6.45, 7) is 1.06. The number of nitrogens with zero attached hydrogens (tertiary/aromatic N) is 2. The molecule has 1 heterocycles. The van der Waals surface area contributed by atoms with Crippen molar-refractivity contribution in [2.24, 2.45) is 0 Å². The van der Waals surface area contributed by atoms with Crippen LogP contribution in [0, 0.1) is 0 Å². The number of carbonyl (C=O) groups excluding carboxylic acids is 1. The minimum atomic E-state index is -0.792. The van der Waals surface area contributed by atoms with Gasteiger partial charge in [-0.05, 0) is 31.7 Å². The van der Waals surface area contributed by atoms with Gasteiger partial charge in [-0.25, -0.2) is 4.79 Å². The summed E-state index contributed by atoms with van der Waals surface area (Å²) in [6, 6.07) is 1.51. The second-order valence-electron chi connectivity index (χ2n) is 6.99. The van der Waals surface area contributed by atoms with Gasteiger partial charge < -0.3 is 25.4 Å². The number of aliphatic hydroxyl groups excluding tert-OH is 2. The summed E-state index contributed by atoms with van der Waals surface area (Å²) in [5, 5.41) is 29.5. The maximum atomic E-state index is 12.3. The molecule has 0 spiro atoms. The predicted octanol–water partition coefficient (Wildman–Crippen LogP) is 2.27. The molecule has 0 aliphatic carbocycles. The van der Waals surface area contributed by atoms with Crippen LogP contribution in [0.1, 0.15) is 58.1 Å². The molecule has 4 N–H and O–H groups in total. The Morgan fingerprint density at radius 3 is 2.41 bits per heavy atom. The molecule has 0 fully saturated rings. The van der Waals surface area contributed by atoms with E-state index in [4.69, 9.17) is 20.1 Å². The van der Waals surface area contributed by atoms with Gasteiger partial charge in [0.1, 0.15) is 18.1 Å². The minimum absolute atomic E-state index is 0.162. The Hall–Kier alpha value is -1.60. The van der Waals surface area contributed by atoms with Gasteiger partial charge in [-0.2, -0.15) is 4.98 Å². The number of aromatic nitrogens is 2. The molecule has 0 saturated carbocycles. The van der Waals surface area contributed by atoms with Crippen molar-refractivity contribution in [3.05, 3.63) is 22.7 Å². The van der Waals surface area contributed by atoms with E-state index >= 15 is 0 Å². The van der Waals surface area contributed by atoms with Gasteiger partial charge in [-0.15, -0.1) is 0 Å². The van der Waals surface area contributed by atoms with Crippen LogP contribution >= 0.6 is 21.6 Å². The van der Waals surface area contributed by atoms with Gasteiger partial charge in [0.05, 0.1) is 13.2 Å². The first kappa shape index (κ1) is 28.4. The molecule has 182 valence electrons. The molecule has 10 nitrogen and oxygen atoms in total. The minimum Gasteiger partial charge on any atom is -0.481 e. The molecule has 1 atom stereocenters. The van der Waals surface area contributed by atoms with Crippen LogP contribution in [0.5, 0.6) is 0 Å². The predicted molar refractivity (Wildman–Crippen MR) is 126 cm³/mol. The summed E-state index contributed by atoms with van der Waals surface area (Å²) in [4.78, 5) is 38.7. The lowest BCUT2D eigenvalue weighted by Crippen LogP contribution is -2.33. The summed E-state index contributed by atoms with van der Waals surface area (Å²) >= 11 is 0. The van der Waals surface area contributed by atoms with Crippen LogP contribution in [0.4, 0.5) is 5.82 Å². The lowest BCUT2D eigenvalue weighted by molar-refractivity contribution is -0.137. The van der Waals surface area contributed by atoms with E-state index < -0.39 is 24.0 Å². The zero-order valence-corrected chi connectivity index (χ0v) is 19.9. The first-order chi connectivity index (χ1) is 15.4. The largest absolute Gasteiger partial charge is 0.481 e. The van der Waals surface area contributed by atoms with Crippen molar-refractivity contribution in [2.75, 3.05) is 30.0 Å². The van der Waals surface area contributed by atoms with Crippen LogP contribution in [-0.2, 0) is 14.3 Å². The van der Waals surface area contributed by atoms with Crippen molar-refractivity contribution in [3.63, 3.8) is 0 Å². The summed E-state index contributed by atoms with van der Waals surface area (Å²) in [6.07, 6.45) is 4.23. The van der Waals surface area contributed by atoms with E-state index in [-0.39, 0.29) is 31.4 Å². The third-order valence-corrected chi connectivity index (χ3v) is 6.92. The standard InChI is InChI=1S/C20H33N3O7S2/c1-2-18(30-15(13-24)14-25)23-10-9-16(22-20(23)29)21-17(26)7-6-12-32-31-11-5-3-4-8-19(27)28/h9-10,15,18,24-25H,2-8,11-14H2,1H3,(H,27,28)(H,21,22,26,29)/t18-/m1/s1. The second kappa shape index (κ2) is 17.0. The number of rotatable bonds is 18. The number of unbranched alkanes of at least 4 members (excludes halogenated alkanes) is 2. The van der Waals surface area contributed by atoms with Gasteiger partial charge in [0, 0.05) is 30.5 Å². The van der Waals surface area contributed by atoms with E-state index in [1.54, 1.807) is 28.5 Å². The van der Waals surface area contributed by atoms with Crippen molar-refractivity contribution < 1.29 is 29.6 Å². The highest BCUT2D eigenvalue weighted by molar-refractivity contribution is 8.76. The molecule has 0 aromatic carbocycles. The summed E-state index contributed by atoms with van der Waals surface area (Å²) in [7, 11) is 3.41. The van der Waals surface area contributed by atoms with Crippen LogP contribution in [0.3, 0.4) is 0 Å². The number of aliphatic hydroxyl groups is 2. The average Bonchev–Trinajstić information content (AvgIpc) is 2.76. The Labute approximate surface area is 195 Å². The van der Waals surface area contributed by atoms with Crippen LogP contribution in [0.25, 0.3) is 0 Å². The first-order valence-electron chi connectivity index (χ1n) is 10.6. The van der Waals surface area contributed by atoms with E-state index in [9.17, 15) is 14.4 Å². The smallest absolute Gasteiger partial charge is 0.351 e. The molecule has 1 amide bonds. The zero-order valence-electron chi connectivity index (χ0n) is 18.3. The molecule has 0 unspecified atom stereocenters. The molecule has 0 bridgehead atoms. The highest BCUT2D eigenvalue weighted by Gasteiger charge is 2.17. The van der Waals surface area contributed by atoms with Gasteiger partial charge in [0.25, 0.3) is 0 Å². The summed E-state index contributed by atoms with van der Waals surface area (Å²) < 4.78 is 6.77. The molecule has 1 rings (SSSR count). The number of carbonyl (C=O) groups is 2. The molecule has 1 aromatic rings. The highest BCUT2D eigenvalue weighted by Crippen LogP contribution is 2.24. The van der Waals surface area contributed by atoms with Gasteiger partial charge in [-0.3, -0.25) is 14.2 Å². The number of amides is 1. The zero-order chi connectivity index (χ0) is 23.8. The molecular formula is C20H33N3O7S2. The maximum absolute atomic E-state index is 12.3. The number of hydrogen-bond donors (Lipinski definition) is 4. The number of anilines is 1. The topological polar surface area (TPSA) is 151 Å². The average molecular weight is 492 g/mol. The molecule has 0 aliphatic heterocycles. The Morgan fingerprint density at radius 2 is 1.81 bits per heavy atom. The Kier molecular flexibility index (Phi) is 15.1. The number of nitrogens with one attached hydrogen (secondary N) is 1. The van der Waals surface area contributed by atoms with E-state index in [1.807, 2.05) is 0 Å². The Bertz CT molecular complexity index is 744. The molecule has 12 heteroatoms. The molecule has 32 heavy (non-hydrogen) atoms. The monoisotopic (exact) mass is 491 g/mol. The van der Waals surface area contributed by atoms with Crippen molar-refractivity contribution in [2.45, 2.75) is 64.2 Å². The fourth-order valence-corrected chi connectivity index (χ4v) is 4.89. The summed E-state index contributed by atoms with van der Waals surface area (Å²) in [5.74, 6) is 0.953. The van der Waals surface area contributed by atoms with Crippen LogP contribution in [-0.4, -0.2) is 67.6 Å². The van der Waals surface area contributed by atoms with Crippen molar-refractivity contribution in [1.82, 2.24) is 9.55 Å². The quantitative estimate of drug-likeness (QED) is 0.178.